The Bertz CT molecular complexity index is 601. The van der Waals surface area contributed by atoms with Crippen molar-refractivity contribution in [2.75, 3.05) is 11.9 Å². The largest absolute Gasteiger partial charge is 0.368 e. The van der Waals surface area contributed by atoms with Crippen LogP contribution < -0.4 is 10.6 Å². The number of halogens is 1. The van der Waals surface area contributed by atoms with Gasteiger partial charge in [0, 0.05) is 12.7 Å². The SMILES string of the molecule is CCCNc1nccc(C(=O)NC(C)c2ncn[nH]2)c1F. The highest BCUT2D eigenvalue weighted by molar-refractivity contribution is 5.95. The van der Waals surface area contributed by atoms with E-state index >= 15 is 0 Å². The van der Waals surface area contributed by atoms with E-state index in [0.29, 0.717) is 12.4 Å². The molecule has 0 fully saturated rings. The molecule has 112 valence electrons. The third kappa shape index (κ3) is 3.53. The molecule has 7 nitrogen and oxygen atoms in total. The molecule has 0 aliphatic heterocycles. The zero-order chi connectivity index (χ0) is 15.2. The number of anilines is 1. The van der Waals surface area contributed by atoms with Crippen molar-refractivity contribution in [1.29, 1.82) is 0 Å². The summed E-state index contributed by atoms with van der Waals surface area (Å²) in [6.45, 7) is 4.28. The molecular formula is C13H17FN6O. The first-order valence-electron chi connectivity index (χ1n) is 6.68. The van der Waals surface area contributed by atoms with E-state index < -0.39 is 17.8 Å². The second kappa shape index (κ2) is 6.78. The molecule has 2 rings (SSSR count). The molecular weight excluding hydrogens is 275 g/mol. The van der Waals surface area contributed by atoms with E-state index in [1.165, 1.54) is 18.6 Å². The van der Waals surface area contributed by atoms with Crippen molar-refractivity contribution < 1.29 is 9.18 Å². The summed E-state index contributed by atoms with van der Waals surface area (Å²) >= 11 is 0. The van der Waals surface area contributed by atoms with Gasteiger partial charge < -0.3 is 10.6 Å². The van der Waals surface area contributed by atoms with Crippen LogP contribution in [0, 0.1) is 5.82 Å². The zero-order valence-electron chi connectivity index (χ0n) is 11.9. The van der Waals surface area contributed by atoms with Gasteiger partial charge in [-0.2, -0.15) is 5.10 Å². The van der Waals surface area contributed by atoms with Crippen molar-refractivity contribution in [3.8, 4) is 0 Å². The van der Waals surface area contributed by atoms with Gasteiger partial charge in [-0.15, -0.1) is 0 Å². The smallest absolute Gasteiger partial charge is 0.255 e. The van der Waals surface area contributed by atoms with Crippen LogP contribution in [0.25, 0.3) is 0 Å². The Hall–Kier alpha value is -2.51. The van der Waals surface area contributed by atoms with Crippen LogP contribution in [-0.4, -0.2) is 32.6 Å². The van der Waals surface area contributed by atoms with Crippen molar-refractivity contribution in [2.24, 2.45) is 0 Å². The Morgan fingerprint density at radius 2 is 2.29 bits per heavy atom. The predicted octanol–water partition coefficient (Wildman–Crippen LogP) is 1.65. The van der Waals surface area contributed by atoms with Gasteiger partial charge in [-0.3, -0.25) is 9.89 Å². The van der Waals surface area contributed by atoms with Crippen molar-refractivity contribution in [3.05, 3.63) is 35.8 Å². The first kappa shape index (κ1) is 14.9. The number of carbonyl (C=O) groups excluding carboxylic acids is 1. The highest BCUT2D eigenvalue weighted by atomic mass is 19.1. The second-order valence-electron chi connectivity index (χ2n) is 4.51. The molecule has 0 spiro atoms. The molecule has 2 heterocycles. The normalized spacial score (nSPS) is 12.0. The van der Waals surface area contributed by atoms with Gasteiger partial charge in [0.2, 0.25) is 0 Å². The number of hydrogen-bond donors (Lipinski definition) is 3. The predicted molar refractivity (Wildman–Crippen MR) is 75.2 cm³/mol. The van der Waals surface area contributed by atoms with Gasteiger partial charge in [-0.1, -0.05) is 6.92 Å². The van der Waals surface area contributed by atoms with Crippen molar-refractivity contribution >= 4 is 11.7 Å². The fourth-order valence-electron chi connectivity index (χ4n) is 1.75. The van der Waals surface area contributed by atoms with Gasteiger partial charge in [0.1, 0.15) is 12.2 Å². The van der Waals surface area contributed by atoms with E-state index in [-0.39, 0.29) is 11.4 Å². The standard InChI is InChI=1S/C13H17FN6O/c1-3-5-15-12-10(14)9(4-6-16-12)13(21)19-8(2)11-17-7-18-20-11/h4,6-8H,3,5H2,1-2H3,(H,15,16)(H,19,21)(H,17,18,20). The van der Waals surface area contributed by atoms with Crippen LogP contribution in [0.3, 0.4) is 0 Å². The topological polar surface area (TPSA) is 95.6 Å². The molecule has 8 heteroatoms. The van der Waals surface area contributed by atoms with Gasteiger partial charge in [0.15, 0.2) is 11.6 Å². The third-order valence-electron chi connectivity index (χ3n) is 2.87. The number of hydrogen-bond acceptors (Lipinski definition) is 5. The van der Waals surface area contributed by atoms with Crippen LogP contribution in [-0.2, 0) is 0 Å². The molecule has 0 aromatic carbocycles. The average Bonchev–Trinajstić information content (AvgIpc) is 3.00. The second-order valence-corrected chi connectivity index (χ2v) is 4.51. The number of H-pyrrole nitrogens is 1. The first-order chi connectivity index (χ1) is 10.1. The Kier molecular flexibility index (Phi) is 4.81. The lowest BCUT2D eigenvalue weighted by atomic mass is 10.2. The molecule has 3 N–H and O–H groups in total. The van der Waals surface area contributed by atoms with Gasteiger partial charge in [0.05, 0.1) is 11.6 Å². The molecule has 21 heavy (non-hydrogen) atoms. The van der Waals surface area contributed by atoms with E-state index in [2.05, 4.69) is 30.8 Å². The van der Waals surface area contributed by atoms with E-state index in [9.17, 15) is 9.18 Å². The van der Waals surface area contributed by atoms with E-state index in [4.69, 9.17) is 0 Å². The summed E-state index contributed by atoms with van der Waals surface area (Å²) < 4.78 is 14.2. The molecule has 0 saturated heterocycles. The van der Waals surface area contributed by atoms with Crippen LogP contribution in [0.15, 0.2) is 18.6 Å². The van der Waals surface area contributed by atoms with Gasteiger partial charge in [-0.05, 0) is 19.4 Å². The summed E-state index contributed by atoms with van der Waals surface area (Å²) in [4.78, 5) is 20.0. The highest BCUT2D eigenvalue weighted by Crippen LogP contribution is 2.16. The van der Waals surface area contributed by atoms with Gasteiger partial charge in [-0.25, -0.2) is 14.4 Å². The molecule has 1 amide bonds. The number of aromatic nitrogens is 4. The Morgan fingerprint density at radius 3 is 2.95 bits per heavy atom. The quantitative estimate of drug-likeness (QED) is 0.752. The van der Waals surface area contributed by atoms with Crippen LogP contribution in [0.2, 0.25) is 0 Å². The van der Waals surface area contributed by atoms with Crippen molar-refractivity contribution in [2.45, 2.75) is 26.3 Å². The minimum Gasteiger partial charge on any atom is -0.368 e. The number of nitrogens with zero attached hydrogens (tertiary/aromatic N) is 3. The molecule has 0 radical (unpaired) electrons. The number of carbonyl (C=O) groups is 1. The fourth-order valence-corrected chi connectivity index (χ4v) is 1.75. The third-order valence-corrected chi connectivity index (χ3v) is 2.87. The Balaban J connectivity index is 2.12. The van der Waals surface area contributed by atoms with E-state index in [0.717, 1.165) is 6.42 Å². The van der Waals surface area contributed by atoms with Crippen molar-refractivity contribution in [1.82, 2.24) is 25.5 Å². The molecule has 0 aliphatic rings. The number of pyridine rings is 1. The average molecular weight is 292 g/mol. The summed E-state index contributed by atoms with van der Waals surface area (Å²) in [5.74, 6) is -0.606. The maximum atomic E-state index is 14.2. The van der Waals surface area contributed by atoms with Crippen molar-refractivity contribution in [3.63, 3.8) is 0 Å². The van der Waals surface area contributed by atoms with Crippen LogP contribution in [0.5, 0.6) is 0 Å². The fraction of sp³-hybridized carbons (Fsp3) is 0.385. The first-order valence-corrected chi connectivity index (χ1v) is 6.68. The summed E-state index contributed by atoms with van der Waals surface area (Å²) in [7, 11) is 0. The van der Waals surface area contributed by atoms with Crippen LogP contribution >= 0.6 is 0 Å². The number of rotatable bonds is 6. The maximum absolute atomic E-state index is 14.2. The molecule has 2 aromatic heterocycles. The molecule has 1 unspecified atom stereocenters. The number of nitrogens with one attached hydrogen (secondary N) is 3. The highest BCUT2D eigenvalue weighted by Gasteiger charge is 2.19. The van der Waals surface area contributed by atoms with E-state index in [1.807, 2.05) is 6.92 Å². The van der Waals surface area contributed by atoms with Gasteiger partial charge >= 0.3 is 0 Å². The molecule has 0 saturated carbocycles. The molecule has 1 atom stereocenters. The maximum Gasteiger partial charge on any atom is 0.255 e. The number of aromatic amines is 1. The van der Waals surface area contributed by atoms with Crippen LogP contribution in [0.4, 0.5) is 10.2 Å². The summed E-state index contributed by atoms with van der Waals surface area (Å²) in [6.07, 6.45) is 3.58. The van der Waals surface area contributed by atoms with Gasteiger partial charge in [0.25, 0.3) is 5.91 Å². The molecule has 0 bridgehead atoms. The molecule has 2 aromatic rings. The summed E-state index contributed by atoms with van der Waals surface area (Å²) in [5.41, 5.74) is -0.0602. The zero-order valence-corrected chi connectivity index (χ0v) is 11.9. The Morgan fingerprint density at radius 1 is 1.48 bits per heavy atom. The van der Waals surface area contributed by atoms with E-state index in [1.54, 1.807) is 6.92 Å². The number of amides is 1. The summed E-state index contributed by atoms with van der Waals surface area (Å²) in [5, 5.41) is 11.9. The monoisotopic (exact) mass is 292 g/mol. The van der Waals surface area contributed by atoms with Crippen LogP contribution in [0.1, 0.15) is 42.5 Å². The lowest BCUT2D eigenvalue weighted by Gasteiger charge is -2.13. The molecule has 0 aliphatic carbocycles. The summed E-state index contributed by atoms with van der Waals surface area (Å²) in [6, 6.07) is 0.939. The minimum atomic E-state index is -0.659. The lowest BCUT2D eigenvalue weighted by Crippen LogP contribution is -2.28. The lowest BCUT2D eigenvalue weighted by molar-refractivity contribution is 0.0934. The minimum absolute atomic E-state index is 0.0602. The Labute approximate surface area is 121 Å².